The molecule has 4 aromatic carbocycles. The maximum Gasteiger partial charge on any atom is 0.243 e. The maximum absolute atomic E-state index is 13.5. The Hall–Kier alpha value is -8.00. The summed E-state index contributed by atoms with van der Waals surface area (Å²) in [6.45, 7) is 0.150. The van der Waals surface area contributed by atoms with Gasteiger partial charge in [-0.15, -0.1) is 0 Å². The largest absolute Gasteiger partial charge is 0.508 e. The van der Waals surface area contributed by atoms with Crippen LogP contribution in [0.15, 0.2) is 109 Å². The van der Waals surface area contributed by atoms with Crippen LogP contribution in [0.5, 0.6) is 11.5 Å². The van der Waals surface area contributed by atoms with Crippen LogP contribution in [0.25, 0.3) is 0 Å². The third-order valence-electron chi connectivity index (χ3n) is 11.8. The highest BCUT2D eigenvalue weighted by molar-refractivity contribution is 5.94. The van der Waals surface area contributed by atoms with E-state index in [4.69, 9.17) is 11.5 Å². The normalized spacial score (nSPS) is 15.0. The van der Waals surface area contributed by atoms with Gasteiger partial charge in [-0.3, -0.25) is 38.4 Å². The van der Waals surface area contributed by atoms with Gasteiger partial charge < -0.3 is 84.6 Å². The zero-order valence-electron chi connectivity index (χ0n) is 41.9. The molecule has 0 radical (unpaired) electrons. The zero-order valence-corrected chi connectivity index (χ0v) is 41.9. The van der Waals surface area contributed by atoms with Crippen molar-refractivity contribution in [3.63, 3.8) is 0 Å². The van der Waals surface area contributed by atoms with Crippen LogP contribution in [0.4, 0.5) is 0 Å². The number of nitrogens with two attached hydrogens (primary N) is 2. The number of benzene rings is 4. The molecule has 0 saturated heterocycles. The molecule has 0 aliphatic rings. The van der Waals surface area contributed by atoms with Crippen LogP contribution in [0.1, 0.15) is 36.1 Å². The molecule has 76 heavy (non-hydrogen) atoms. The highest BCUT2D eigenvalue weighted by atomic mass is 16.4. The molecule has 0 aromatic heterocycles. The SMILES string of the molecule is C[C@@H](NC(=O)[C@@H](N)Cc1ccc(O)cc1)C(=O)NCC(=O)N[C@@H](Cc1ccccc1)C(=O)NC[C@@H](O)[C@@H](O)[C@H](O)[C@H](O)CNC(=O)[C@H](Cc1ccccc1)NC(=O)CNC(=O)[C@@H](C)NC(=O)[C@@H](N)Cc1ccc(O)cc1. The lowest BCUT2D eigenvalue weighted by atomic mass is 10.0. The number of carbonyl (C=O) groups is 8. The Morgan fingerprint density at radius 2 is 0.724 bits per heavy atom. The van der Waals surface area contributed by atoms with Gasteiger partial charge in [0.05, 0.1) is 37.4 Å². The summed E-state index contributed by atoms with van der Waals surface area (Å²) in [4.78, 5) is 104. The Balaban J connectivity index is 1.25. The third-order valence-corrected chi connectivity index (χ3v) is 11.8. The van der Waals surface area contributed by atoms with E-state index in [1.54, 1.807) is 84.9 Å². The van der Waals surface area contributed by atoms with E-state index in [-0.39, 0.29) is 37.2 Å². The minimum atomic E-state index is -2.10. The number of aliphatic hydroxyl groups excluding tert-OH is 4. The van der Waals surface area contributed by atoms with E-state index in [9.17, 15) is 69.0 Å². The van der Waals surface area contributed by atoms with Crippen molar-refractivity contribution in [1.29, 1.82) is 0 Å². The lowest BCUT2D eigenvalue weighted by Crippen LogP contribution is -2.56. The smallest absolute Gasteiger partial charge is 0.243 e. The van der Waals surface area contributed by atoms with E-state index in [1.807, 2.05) is 0 Å². The summed E-state index contributed by atoms with van der Waals surface area (Å²) in [5.41, 5.74) is 14.6. The Kier molecular flexibility index (Phi) is 24.2. The predicted octanol–water partition coefficient (Wildman–Crippen LogP) is -4.09. The van der Waals surface area contributed by atoms with E-state index < -0.39 is 134 Å². The first-order valence-electron chi connectivity index (χ1n) is 24.3. The molecule has 0 aliphatic carbocycles. The number of rotatable bonds is 29. The number of aromatic hydroxyl groups is 2. The zero-order chi connectivity index (χ0) is 55.9. The van der Waals surface area contributed by atoms with Gasteiger partial charge in [0.25, 0.3) is 0 Å². The minimum Gasteiger partial charge on any atom is -0.508 e. The number of aliphatic hydroxyl groups is 4. The Bertz CT molecular complexity index is 2370. The van der Waals surface area contributed by atoms with Crippen LogP contribution in [0.2, 0.25) is 0 Å². The summed E-state index contributed by atoms with van der Waals surface area (Å²) in [7, 11) is 0. The molecule has 0 fully saturated rings. The van der Waals surface area contributed by atoms with E-state index in [0.717, 1.165) is 0 Å². The summed E-state index contributed by atoms with van der Waals surface area (Å²) < 4.78 is 0. The molecular formula is C52H68N10O14. The molecule has 0 bridgehead atoms. The topological polar surface area (TPSA) is 406 Å². The molecule has 0 aliphatic heterocycles. The maximum atomic E-state index is 13.5. The highest BCUT2D eigenvalue weighted by Gasteiger charge is 2.33. The summed E-state index contributed by atoms with van der Waals surface area (Å²) in [5.74, 6) is -5.95. The molecule has 410 valence electrons. The Morgan fingerprint density at radius 1 is 0.408 bits per heavy atom. The Morgan fingerprint density at radius 3 is 1.05 bits per heavy atom. The van der Waals surface area contributed by atoms with Crippen LogP contribution in [0, 0.1) is 0 Å². The molecule has 0 unspecified atom stereocenters. The Labute approximate surface area is 438 Å². The van der Waals surface area contributed by atoms with Crippen LogP contribution in [-0.2, 0) is 64.0 Å². The van der Waals surface area contributed by atoms with Gasteiger partial charge in [0.1, 0.15) is 47.9 Å². The molecular weight excluding hydrogens is 989 g/mol. The summed E-state index contributed by atoms with van der Waals surface area (Å²) in [6, 6.07) is 22.3. The standard InChI is InChI=1S/C52H68N10O14/c1-29(59-49(73)37(53)21-33-13-17-35(63)18-14-33)47(71)57-27-43(67)61-39(23-31-9-5-3-6-10-31)51(75)55-25-41(65)45(69)46(70)42(66)26-56-52(76)40(24-32-11-7-4-8-12-32)62-44(68)28-58-48(72)30(2)60-50(74)38(54)22-34-15-19-36(64)20-16-34/h3-20,29-30,37-42,45-46,63-66,69-70H,21-28,53-54H2,1-2H3,(H,55,75)(H,56,76)(H,57,71)(H,58,72)(H,59,73)(H,60,74)(H,61,67)(H,62,68)/t29-,30-,37+,38+,39+,40+,41-,42-,45-,46-/m1/s1. The first-order valence-corrected chi connectivity index (χ1v) is 24.3. The van der Waals surface area contributed by atoms with Gasteiger partial charge in [-0.05, 0) is 73.2 Å². The monoisotopic (exact) mass is 1060 g/mol. The van der Waals surface area contributed by atoms with Crippen LogP contribution < -0.4 is 54.0 Å². The van der Waals surface area contributed by atoms with Crippen molar-refractivity contribution in [3.8, 4) is 11.5 Å². The van der Waals surface area contributed by atoms with Gasteiger partial charge in [-0.2, -0.15) is 0 Å². The number of hydrogen-bond donors (Lipinski definition) is 16. The van der Waals surface area contributed by atoms with Crippen LogP contribution in [-0.4, -0.2) is 165 Å². The molecule has 4 rings (SSSR count). The number of nitrogens with one attached hydrogen (secondary N) is 8. The highest BCUT2D eigenvalue weighted by Crippen LogP contribution is 2.13. The number of phenols is 2. The van der Waals surface area contributed by atoms with Crippen molar-refractivity contribution >= 4 is 47.3 Å². The quantitative estimate of drug-likeness (QED) is 0.0246. The van der Waals surface area contributed by atoms with Crippen molar-refractivity contribution in [3.05, 3.63) is 131 Å². The molecule has 0 saturated carbocycles. The molecule has 10 atom stereocenters. The second kappa shape index (κ2) is 30.4. The fraction of sp³-hybridized carbons (Fsp3) is 0.385. The van der Waals surface area contributed by atoms with E-state index in [2.05, 4.69) is 42.5 Å². The number of hydrogen-bond acceptors (Lipinski definition) is 16. The molecule has 0 spiro atoms. The third kappa shape index (κ3) is 20.7. The van der Waals surface area contributed by atoms with Crippen molar-refractivity contribution in [1.82, 2.24) is 42.5 Å². The molecule has 4 aromatic rings. The molecule has 0 heterocycles. The number of carbonyl (C=O) groups excluding carboxylic acids is 8. The van der Waals surface area contributed by atoms with E-state index in [0.29, 0.717) is 22.3 Å². The van der Waals surface area contributed by atoms with Gasteiger partial charge in [0.2, 0.25) is 47.3 Å². The average molecular weight is 1060 g/mol. The van der Waals surface area contributed by atoms with Crippen molar-refractivity contribution in [2.75, 3.05) is 26.2 Å². The van der Waals surface area contributed by atoms with Gasteiger partial charge in [0, 0.05) is 25.9 Å². The lowest BCUT2D eigenvalue weighted by Gasteiger charge is -2.28. The van der Waals surface area contributed by atoms with Crippen molar-refractivity contribution < 1.29 is 69.0 Å². The summed E-state index contributed by atoms with van der Waals surface area (Å²) in [6.07, 6.45) is -7.87. The second-order valence-electron chi connectivity index (χ2n) is 18.1. The first kappa shape index (κ1) is 60.6. The summed E-state index contributed by atoms with van der Waals surface area (Å²) in [5, 5.41) is 81.6. The fourth-order valence-electron chi connectivity index (χ4n) is 7.33. The van der Waals surface area contributed by atoms with E-state index in [1.165, 1.54) is 38.1 Å². The lowest BCUT2D eigenvalue weighted by molar-refractivity contribution is -0.132. The van der Waals surface area contributed by atoms with Crippen LogP contribution >= 0.6 is 0 Å². The van der Waals surface area contributed by atoms with Crippen LogP contribution in [0.3, 0.4) is 0 Å². The molecule has 24 nitrogen and oxygen atoms in total. The van der Waals surface area contributed by atoms with Gasteiger partial charge in [0.15, 0.2) is 0 Å². The summed E-state index contributed by atoms with van der Waals surface area (Å²) >= 11 is 0. The average Bonchev–Trinajstić information content (AvgIpc) is 3.40. The molecule has 8 amide bonds. The minimum absolute atomic E-state index is 0.0424. The van der Waals surface area contributed by atoms with E-state index >= 15 is 0 Å². The van der Waals surface area contributed by atoms with Crippen molar-refractivity contribution in [2.45, 2.75) is 100 Å². The second-order valence-corrected chi connectivity index (χ2v) is 18.1. The fourth-order valence-corrected chi connectivity index (χ4v) is 7.33. The van der Waals surface area contributed by atoms with Gasteiger partial charge >= 0.3 is 0 Å². The predicted molar refractivity (Wildman–Crippen MR) is 275 cm³/mol. The molecule has 18 N–H and O–H groups in total. The molecule has 24 heteroatoms. The van der Waals surface area contributed by atoms with Crippen molar-refractivity contribution in [2.24, 2.45) is 11.5 Å². The first-order chi connectivity index (χ1) is 36.1. The number of phenolic OH excluding ortho intramolecular Hbond substituents is 2. The van der Waals surface area contributed by atoms with Gasteiger partial charge in [-0.25, -0.2) is 0 Å². The van der Waals surface area contributed by atoms with Gasteiger partial charge in [-0.1, -0.05) is 84.9 Å². The number of amides is 8.